The summed E-state index contributed by atoms with van der Waals surface area (Å²) < 4.78 is 30.6. The van der Waals surface area contributed by atoms with Crippen LogP contribution in [0.3, 0.4) is 0 Å². The average Bonchev–Trinajstić information content (AvgIpc) is 2.77. The number of aromatic nitrogens is 2. The van der Waals surface area contributed by atoms with Crippen LogP contribution in [0.4, 0.5) is 4.39 Å². The van der Waals surface area contributed by atoms with Crippen LogP contribution in [-0.4, -0.2) is 46.5 Å². The predicted molar refractivity (Wildman–Crippen MR) is 77.1 cm³/mol. The van der Waals surface area contributed by atoms with E-state index in [1.54, 1.807) is 0 Å². The van der Waals surface area contributed by atoms with E-state index in [0.29, 0.717) is 0 Å². The van der Waals surface area contributed by atoms with Gasteiger partial charge in [-0.2, -0.15) is 0 Å². The summed E-state index contributed by atoms with van der Waals surface area (Å²) in [7, 11) is 0. The first-order valence-electron chi connectivity index (χ1n) is 7.13. The fourth-order valence-electron chi connectivity index (χ4n) is 2.36. The number of nitrogens with one attached hydrogen (secondary N) is 1. The molecule has 0 saturated carbocycles. The quantitative estimate of drug-likeness (QED) is 0.737. The lowest BCUT2D eigenvalue weighted by Gasteiger charge is -2.18. The largest absolute Gasteiger partial charge is 0.463 e. The van der Waals surface area contributed by atoms with Gasteiger partial charge in [0.25, 0.3) is 5.56 Å². The maximum absolute atomic E-state index is 14.7. The van der Waals surface area contributed by atoms with Crippen molar-refractivity contribution in [3.8, 4) is 0 Å². The molecule has 132 valence electrons. The van der Waals surface area contributed by atoms with Gasteiger partial charge in [0.2, 0.25) is 0 Å². The summed E-state index contributed by atoms with van der Waals surface area (Å²) in [5, 5.41) is 0. The Labute approximate surface area is 135 Å². The fraction of sp³-hybridized carbons (Fsp3) is 0.571. The topological polar surface area (TPSA) is 117 Å². The molecule has 0 aromatic carbocycles. The first kappa shape index (κ1) is 17.9. The molecule has 4 atom stereocenters. The SMILES string of the molecule is CC(=O)OC[C@@H]1O[C@H](n2cc(C)c(=O)[nH]c2=O)[C@H](F)[C@H]1OC(C)=O. The maximum atomic E-state index is 14.7. The minimum atomic E-state index is -1.89. The number of hydrogen-bond acceptors (Lipinski definition) is 7. The Morgan fingerprint density at radius 3 is 2.58 bits per heavy atom. The molecule has 1 aliphatic heterocycles. The van der Waals surface area contributed by atoms with Crippen molar-refractivity contribution in [3.05, 3.63) is 32.6 Å². The van der Waals surface area contributed by atoms with Crippen molar-refractivity contribution in [2.45, 2.75) is 45.4 Å². The van der Waals surface area contributed by atoms with Gasteiger partial charge in [0, 0.05) is 25.6 Å². The molecular weight excluding hydrogens is 327 g/mol. The number of ether oxygens (including phenoxy) is 3. The molecule has 24 heavy (non-hydrogen) atoms. The summed E-state index contributed by atoms with van der Waals surface area (Å²) in [6.07, 6.45) is -4.62. The molecule has 10 heteroatoms. The number of rotatable bonds is 4. The van der Waals surface area contributed by atoms with Crippen molar-refractivity contribution in [2.75, 3.05) is 6.61 Å². The lowest BCUT2D eigenvalue weighted by molar-refractivity contribution is -0.156. The zero-order valence-electron chi connectivity index (χ0n) is 13.3. The van der Waals surface area contributed by atoms with Crippen LogP contribution in [0.15, 0.2) is 15.8 Å². The zero-order chi connectivity index (χ0) is 18.0. The van der Waals surface area contributed by atoms with Crippen molar-refractivity contribution in [1.29, 1.82) is 0 Å². The molecular formula is C14H17FN2O7. The molecule has 1 fully saturated rings. The van der Waals surface area contributed by atoms with Crippen molar-refractivity contribution in [2.24, 2.45) is 0 Å². The van der Waals surface area contributed by atoms with Crippen LogP contribution < -0.4 is 11.2 Å². The van der Waals surface area contributed by atoms with Crippen LogP contribution in [0.5, 0.6) is 0 Å². The molecule has 1 aliphatic rings. The Hall–Kier alpha value is -2.49. The van der Waals surface area contributed by atoms with Crippen molar-refractivity contribution < 1.29 is 28.2 Å². The molecule has 0 aliphatic carbocycles. The van der Waals surface area contributed by atoms with E-state index in [2.05, 4.69) is 0 Å². The summed E-state index contributed by atoms with van der Waals surface area (Å²) in [5.41, 5.74) is -1.29. The van der Waals surface area contributed by atoms with E-state index in [4.69, 9.17) is 14.2 Å². The van der Waals surface area contributed by atoms with Crippen molar-refractivity contribution >= 4 is 11.9 Å². The number of nitrogens with zero attached hydrogens (tertiary/aromatic N) is 1. The van der Waals surface area contributed by atoms with Gasteiger partial charge < -0.3 is 14.2 Å². The van der Waals surface area contributed by atoms with E-state index in [9.17, 15) is 23.6 Å². The average molecular weight is 344 g/mol. The van der Waals surface area contributed by atoms with Crippen LogP contribution in [0.25, 0.3) is 0 Å². The molecule has 0 unspecified atom stereocenters. The Bertz CT molecular complexity index is 756. The number of alkyl halides is 1. The smallest absolute Gasteiger partial charge is 0.330 e. The van der Waals surface area contributed by atoms with Gasteiger partial charge in [-0.1, -0.05) is 0 Å². The summed E-state index contributed by atoms with van der Waals surface area (Å²) in [6, 6.07) is 0. The van der Waals surface area contributed by atoms with Gasteiger partial charge in [0.1, 0.15) is 12.7 Å². The van der Waals surface area contributed by atoms with Crippen LogP contribution >= 0.6 is 0 Å². The Morgan fingerprint density at radius 1 is 1.33 bits per heavy atom. The molecule has 9 nitrogen and oxygen atoms in total. The highest BCUT2D eigenvalue weighted by Crippen LogP contribution is 2.33. The fourth-order valence-corrected chi connectivity index (χ4v) is 2.36. The second kappa shape index (κ2) is 6.95. The standard InChI is InChI=1S/C14H17FN2O7/c1-6-4-17(14(21)16-12(6)20)13-10(15)11(23-8(3)19)9(24-13)5-22-7(2)18/h4,9-11,13H,5H2,1-3H3,(H,16,20,21)/t9-,10+,11-,13-/m0/s1. The second-order valence-electron chi connectivity index (χ2n) is 5.36. The Balaban J connectivity index is 2.33. The van der Waals surface area contributed by atoms with Crippen LogP contribution in [-0.2, 0) is 23.8 Å². The molecule has 0 spiro atoms. The van der Waals surface area contributed by atoms with Gasteiger partial charge in [-0.15, -0.1) is 0 Å². The molecule has 2 rings (SSSR count). The zero-order valence-corrected chi connectivity index (χ0v) is 13.3. The molecule has 1 aromatic rings. The Kier molecular flexibility index (Phi) is 5.17. The molecule has 1 saturated heterocycles. The number of halogens is 1. The van der Waals surface area contributed by atoms with Gasteiger partial charge >= 0.3 is 17.6 Å². The van der Waals surface area contributed by atoms with Crippen LogP contribution in [0.1, 0.15) is 25.6 Å². The van der Waals surface area contributed by atoms with E-state index in [1.165, 1.54) is 6.92 Å². The lowest BCUT2D eigenvalue weighted by atomic mass is 10.1. The van der Waals surface area contributed by atoms with Gasteiger partial charge in [-0.05, 0) is 6.92 Å². The first-order valence-corrected chi connectivity index (χ1v) is 7.13. The minimum Gasteiger partial charge on any atom is -0.463 e. The third-order valence-corrected chi connectivity index (χ3v) is 3.44. The molecule has 0 amide bonds. The van der Waals surface area contributed by atoms with Gasteiger partial charge in [0.15, 0.2) is 18.5 Å². The number of carbonyl (C=O) groups excluding carboxylic acids is 2. The van der Waals surface area contributed by atoms with Crippen LogP contribution in [0.2, 0.25) is 0 Å². The summed E-state index contributed by atoms with van der Waals surface area (Å²) in [4.78, 5) is 47.4. The van der Waals surface area contributed by atoms with E-state index in [-0.39, 0.29) is 12.2 Å². The lowest BCUT2D eigenvalue weighted by Crippen LogP contribution is -2.38. The highest BCUT2D eigenvalue weighted by Gasteiger charge is 2.49. The first-order chi connectivity index (χ1) is 11.2. The van der Waals surface area contributed by atoms with E-state index in [0.717, 1.165) is 24.6 Å². The van der Waals surface area contributed by atoms with Gasteiger partial charge in [-0.3, -0.25) is 23.9 Å². The number of hydrogen-bond donors (Lipinski definition) is 1. The number of H-pyrrole nitrogens is 1. The molecule has 2 heterocycles. The molecule has 0 bridgehead atoms. The molecule has 1 N–H and O–H groups in total. The minimum absolute atomic E-state index is 0.179. The highest BCUT2D eigenvalue weighted by molar-refractivity contribution is 5.66. The predicted octanol–water partition coefficient (Wildman–Crippen LogP) is -0.425. The van der Waals surface area contributed by atoms with Crippen LogP contribution in [0, 0.1) is 6.92 Å². The number of esters is 2. The van der Waals surface area contributed by atoms with Gasteiger partial charge in [0.05, 0.1) is 0 Å². The third-order valence-electron chi connectivity index (χ3n) is 3.44. The number of carbonyl (C=O) groups is 2. The second-order valence-corrected chi connectivity index (χ2v) is 5.36. The van der Waals surface area contributed by atoms with Gasteiger partial charge in [-0.25, -0.2) is 9.18 Å². The normalized spacial score (nSPS) is 26.2. The van der Waals surface area contributed by atoms with E-state index < -0.39 is 47.8 Å². The number of aromatic amines is 1. The van der Waals surface area contributed by atoms with Crippen molar-refractivity contribution in [1.82, 2.24) is 9.55 Å². The highest BCUT2D eigenvalue weighted by atomic mass is 19.1. The molecule has 0 radical (unpaired) electrons. The summed E-state index contributed by atoms with van der Waals surface area (Å²) in [6.45, 7) is 3.35. The van der Waals surface area contributed by atoms with E-state index in [1.807, 2.05) is 4.98 Å². The number of aryl methyl sites for hydroxylation is 1. The monoisotopic (exact) mass is 344 g/mol. The Morgan fingerprint density at radius 2 is 2.00 bits per heavy atom. The third kappa shape index (κ3) is 3.70. The maximum Gasteiger partial charge on any atom is 0.330 e. The summed E-state index contributed by atoms with van der Waals surface area (Å²) in [5.74, 6) is -1.36. The van der Waals surface area contributed by atoms with Crippen molar-refractivity contribution in [3.63, 3.8) is 0 Å². The molecule has 1 aromatic heterocycles. The summed E-state index contributed by atoms with van der Waals surface area (Å²) >= 11 is 0. The van der Waals surface area contributed by atoms with E-state index >= 15 is 0 Å².